The Morgan fingerprint density at radius 3 is 2.79 bits per heavy atom. The lowest BCUT2D eigenvalue weighted by atomic mass is 10.3. The second kappa shape index (κ2) is 6.60. The van der Waals surface area contributed by atoms with Crippen LogP contribution in [0.1, 0.15) is 29.7 Å². The number of nitrogens with one attached hydrogen (secondary N) is 1. The summed E-state index contributed by atoms with van der Waals surface area (Å²) in [6.07, 6.45) is 2.38. The molecule has 0 aliphatic heterocycles. The van der Waals surface area contributed by atoms with E-state index in [0.29, 0.717) is 29.3 Å². The molecule has 0 aliphatic rings. The van der Waals surface area contributed by atoms with Gasteiger partial charge in [0.1, 0.15) is 10.7 Å². The van der Waals surface area contributed by atoms with Gasteiger partial charge in [0, 0.05) is 22.8 Å². The zero-order chi connectivity index (χ0) is 17.3. The number of hydrogen-bond donors (Lipinski definition) is 1. The molecule has 3 aromatic heterocycles. The van der Waals surface area contributed by atoms with Crippen molar-refractivity contribution in [2.45, 2.75) is 33.7 Å². The molecular weight excluding hydrogens is 326 g/mol. The Balaban J connectivity index is 1.96. The van der Waals surface area contributed by atoms with E-state index in [4.69, 9.17) is 4.74 Å². The summed E-state index contributed by atoms with van der Waals surface area (Å²) in [7, 11) is 0. The first-order valence-corrected chi connectivity index (χ1v) is 8.63. The number of aryl methyl sites for hydroxylation is 2. The van der Waals surface area contributed by atoms with Crippen LogP contribution >= 0.6 is 11.3 Å². The number of aromatic nitrogens is 3. The Morgan fingerprint density at radius 1 is 1.29 bits per heavy atom. The number of ether oxygens (including phenoxy) is 1. The SMILES string of the molecule is CCCOc1c[nH]c(Cn2c(C)nc3sc(C)cc3c2=O)cc1=O. The van der Waals surface area contributed by atoms with Gasteiger partial charge in [-0.1, -0.05) is 6.92 Å². The molecular formula is C17H19N3O3S. The van der Waals surface area contributed by atoms with E-state index in [9.17, 15) is 9.59 Å². The minimum atomic E-state index is -0.191. The van der Waals surface area contributed by atoms with Crippen LogP contribution in [-0.4, -0.2) is 21.1 Å². The summed E-state index contributed by atoms with van der Waals surface area (Å²) < 4.78 is 6.95. The lowest BCUT2D eigenvalue weighted by Crippen LogP contribution is -2.25. The summed E-state index contributed by atoms with van der Waals surface area (Å²) >= 11 is 1.51. The second-order valence-corrected chi connectivity index (χ2v) is 6.90. The molecule has 0 atom stereocenters. The van der Waals surface area contributed by atoms with E-state index in [2.05, 4.69) is 9.97 Å². The van der Waals surface area contributed by atoms with Gasteiger partial charge in [0.05, 0.1) is 18.5 Å². The number of hydrogen-bond acceptors (Lipinski definition) is 5. The third kappa shape index (κ3) is 3.12. The molecule has 0 aromatic carbocycles. The van der Waals surface area contributed by atoms with Gasteiger partial charge in [-0.05, 0) is 26.3 Å². The molecule has 3 aromatic rings. The number of H-pyrrole nitrogens is 1. The van der Waals surface area contributed by atoms with Crippen molar-refractivity contribution in [2.75, 3.05) is 6.61 Å². The predicted octanol–water partition coefficient (Wildman–Crippen LogP) is 2.60. The molecule has 24 heavy (non-hydrogen) atoms. The number of thiophene rings is 1. The number of pyridine rings is 1. The van der Waals surface area contributed by atoms with Gasteiger partial charge in [0.2, 0.25) is 5.43 Å². The summed E-state index contributed by atoms with van der Waals surface area (Å²) in [5, 5.41) is 0.619. The summed E-state index contributed by atoms with van der Waals surface area (Å²) in [4.78, 5) is 34.1. The molecule has 0 bridgehead atoms. The van der Waals surface area contributed by atoms with Gasteiger partial charge in [0.15, 0.2) is 5.75 Å². The van der Waals surface area contributed by atoms with Crippen molar-refractivity contribution in [2.24, 2.45) is 0 Å². The van der Waals surface area contributed by atoms with Gasteiger partial charge in [-0.15, -0.1) is 11.3 Å². The minimum absolute atomic E-state index is 0.0889. The van der Waals surface area contributed by atoms with Crippen LogP contribution in [0, 0.1) is 13.8 Å². The standard InChI is InChI=1S/C17H19N3O3S/c1-4-5-23-15-8-18-12(7-14(15)21)9-20-11(3)19-16-13(17(20)22)6-10(2)24-16/h6-8H,4-5,9H2,1-3H3,(H,18,21). The summed E-state index contributed by atoms with van der Waals surface area (Å²) in [6, 6.07) is 3.33. The highest BCUT2D eigenvalue weighted by Crippen LogP contribution is 2.20. The summed E-state index contributed by atoms with van der Waals surface area (Å²) in [5.74, 6) is 0.924. The van der Waals surface area contributed by atoms with E-state index in [1.54, 1.807) is 17.7 Å². The van der Waals surface area contributed by atoms with Crippen molar-refractivity contribution in [1.29, 1.82) is 0 Å². The monoisotopic (exact) mass is 345 g/mol. The number of fused-ring (bicyclic) bond motifs is 1. The molecule has 0 saturated heterocycles. The van der Waals surface area contributed by atoms with Crippen molar-refractivity contribution in [3.05, 3.63) is 55.3 Å². The molecule has 0 amide bonds. The third-order valence-corrected chi connectivity index (χ3v) is 4.64. The normalized spacial score (nSPS) is 11.1. The maximum atomic E-state index is 12.7. The zero-order valence-corrected chi connectivity index (χ0v) is 14.7. The fourth-order valence-corrected chi connectivity index (χ4v) is 3.43. The average Bonchev–Trinajstić information content (AvgIpc) is 2.91. The first kappa shape index (κ1) is 16.4. The molecule has 0 fully saturated rings. The maximum absolute atomic E-state index is 12.7. The van der Waals surface area contributed by atoms with E-state index >= 15 is 0 Å². The highest BCUT2D eigenvalue weighted by atomic mass is 32.1. The van der Waals surface area contributed by atoms with Gasteiger partial charge >= 0.3 is 0 Å². The number of aromatic amines is 1. The van der Waals surface area contributed by atoms with Gasteiger partial charge in [-0.2, -0.15) is 0 Å². The van der Waals surface area contributed by atoms with Gasteiger partial charge in [-0.25, -0.2) is 4.98 Å². The van der Waals surface area contributed by atoms with Crippen molar-refractivity contribution in [3.8, 4) is 5.75 Å². The van der Waals surface area contributed by atoms with Gasteiger partial charge in [0.25, 0.3) is 5.56 Å². The molecule has 0 unspecified atom stereocenters. The van der Waals surface area contributed by atoms with E-state index in [1.165, 1.54) is 17.4 Å². The topological polar surface area (TPSA) is 77.0 Å². The second-order valence-electron chi connectivity index (χ2n) is 5.66. The summed E-state index contributed by atoms with van der Waals surface area (Å²) in [6.45, 7) is 6.50. The Morgan fingerprint density at radius 2 is 2.08 bits per heavy atom. The third-order valence-electron chi connectivity index (χ3n) is 3.69. The molecule has 3 rings (SSSR count). The van der Waals surface area contributed by atoms with Crippen molar-refractivity contribution < 1.29 is 4.74 Å². The summed E-state index contributed by atoms with van der Waals surface area (Å²) in [5.41, 5.74) is 0.361. The molecule has 0 aliphatic carbocycles. The lowest BCUT2D eigenvalue weighted by Gasteiger charge is -2.10. The quantitative estimate of drug-likeness (QED) is 0.771. The van der Waals surface area contributed by atoms with Crippen molar-refractivity contribution in [1.82, 2.24) is 14.5 Å². The largest absolute Gasteiger partial charge is 0.488 e. The molecule has 1 N–H and O–H groups in total. The van der Waals surface area contributed by atoms with Crippen LogP contribution in [-0.2, 0) is 6.54 Å². The van der Waals surface area contributed by atoms with E-state index in [0.717, 1.165) is 16.1 Å². The van der Waals surface area contributed by atoms with E-state index in [-0.39, 0.29) is 17.5 Å². The average molecular weight is 345 g/mol. The predicted molar refractivity (Wildman–Crippen MR) is 95.3 cm³/mol. The fraction of sp³-hybridized carbons (Fsp3) is 0.353. The van der Waals surface area contributed by atoms with Crippen LogP contribution < -0.4 is 15.7 Å². The van der Waals surface area contributed by atoms with E-state index in [1.807, 2.05) is 19.9 Å². The van der Waals surface area contributed by atoms with Crippen LogP contribution in [0.4, 0.5) is 0 Å². The number of nitrogens with zero attached hydrogens (tertiary/aromatic N) is 2. The smallest absolute Gasteiger partial charge is 0.262 e. The first-order chi connectivity index (χ1) is 11.5. The Labute approximate surface area is 142 Å². The molecule has 0 radical (unpaired) electrons. The van der Waals surface area contributed by atoms with Crippen LogP contribution in [0.15, 0.2) is 27.9 Å². The van der Waals surface area contributed by atoms with Crippen molar-refractivity contribution >= 4 is 21.6 Å². The molecule has 7 heteroatoms. The highest BCUT2D eigenvalue weighted by Gasteiger charge is 2.12. The maximum Gasteiger partial charge on any atom is 0.262 e. The molecule has 6 nitrogen and oxygen atoms in total. The van der Waals surface area contributed by atoms with Crippen LogP contribution in [0.5, 0.6) is 5.75 Å². The van der Waals surface area contributed by atoms with Crippen LogP contribution in [0.25, 0.3) is 10.2 Å². The Hall–Kier alpha value is -2.41. The van der Waals surface area contributed by atoms with Crippen LogP contribution in [0.3, 0.4) is 0 Å². The highest BCUT2D eigenvalue weighted by molar-refractivity contribution is 7.18. The molecule has 3 heterocycles. The Bertz CT molecular complexity index is 1000. The lowest BCUT2D eigenvalue weighted by molar-refractivity contribution is 0.313. The fourth-order valence-electron chi connectivity index (χ4n) is 2.51. The zero-order valence-electron chi connectivity index (χ0n) is 13.9. The van der Waals surface area contributed by atoms with Crippen LogP contribution in [0.2, 0.25) is 0 Å². The Kier molecular flexibility index (Phi) is 4.53. The minimum Gasteiger partial charge on any atom is -0.488 e. The molecule has 0 saturated carbocycles. The first-order valence-electron chi connectivity index (χ1n) is 7.81. The number of rotatable bonds is 5. The molecule has 126 valence electrons. The van der Waals surface area contributed by atoms with Gasteiger partial charge in [-0.3, -0.25) is 14.2 Å². The van der Waals surface area contributed by atoms with Crippen molar-refractivity contribution in [3.63, 3.8) is 0 Å². The molecule has 0 spiro atoms. The van der Waals surface area contributed by atoms with E-state index < -0.39 is 0 Å². The van der Waals surface area contributed by atoms with Gasteiger partial charge < -0.3 is 9.72 Å².